The summed E-state index contributed by atoms with van der Waals surface area (Å²) in [5.74, 6) is 0.252. The fourth-order valence-electron chi connectivity index (χ4n) is 1.94. The van der Waals surface area contributed by atoms with E-state index in [0.29, 0.717) is 17.0 Å². The fraction of sp³-hybridized carbons (Fsp3) is 0.308. The smallest absolute Gasteiger partial charge is 0.336 e. The minimum atomic E-state index is -0.950. The highest BCUT2D eigenvalue weighted by Gasteiger charge is 2.19. The number of carbonyl (C=O) groups is 1. The summed E-state index contributed by atoms with van der Waals surface area (Å²) < 4.78 is 0. The van der Waals surface area contributed by atoms with E-state index < -0.39 is 5.97 Å². The van der Waals surface area contributed by atoms with Gasteiger partial charge in [-0.1, -0.05) is 19.1 Å². The number of benzene rings is 1. The van der Waals surface area contributed by atoms with E-state index in [-0.39, 0.29) is 5.56 Å². The van der Waals surface area contributed by atoms with Crippen molar-refractivity contribution in [2.24, 2.45) is 0 Å². The van der Waals surface area contributed by atoms with E-state index in [4.69, 9.17) is 0 Å². The highest BCUT2D eigenvalue weighted by molar-refractivity contribution is 5.97. The van der Waals surface area contributed by atoms with E-state index in [9.17, 15) is 9.90 Å². The number of aromatic nitrogens is 3. The first-order chi connectivity index (χ1) is 8.54. The molecule has 1 heterocycles. The van der Waals surface area contributed by atoms with E-state index in [1.54, 1.807) is 13.0 Å². The van der Waals surface area contributed by atoms with Gasteiger partial charge in [0.05, 0.1) is 5.56 Å². The molecule has 0 fully saturated rings. The van der Waals surface area contributed by atoms with Crippen molar-refractivity contribution in [1.29, 1.82) is 0 Å². The molecule has 0 aliphatic rings. The minimum Gasteiger partial charge on any atom is -0.478 e. The lowest BCUT2D eigenvalue weighted by atomic mass is 9.97. The Kier molecular flexibility index (Phi) is 3.14. The molecular weight excluding hydrogens is 230 g/mol. The lowest BCUT2D eigenvalue weighted by molar-refractivity contribution is 0.0697. The monoisotopic (exact) mass is 245 g/mol. The Morgan fingerprint density at radius 1 is 1.33 bits per heavy atom. The highest BCUT2D eigenvalue weighted by atomic mass is 16.4. The van der Waals surface area contributed by atoms with E-state index in [1.165, 1.54) is 0 Å². The van der Waals surface area contributed by atoms with Gasteiger partial charge in [-0.2, -0.15) is 5.10 Å². The maximum absolute atomic E-state index is 11.4. The summed E-state index contributed by atoms with van der Waals surface area (Å²) in [4.78, 5) is 15.7. The molecule has 2 N–H and O–H groups in total. The summed E-state index contributed by atoms with van der Waals surface area (Å²) >= 11 is 0. The van der Waals surface area contributed by atoms with Crippen LogP contribution in [-0.4, -0.2) is 26.3 Å². The molecule has 0 amide bonds. The number of rotatable bonds is 3. The number of aromatic amines is 1. The third kappa shape index (κ3) is 1.99. The molecule has 18 heavy (non-hydrogen) atoms. The number of nitrogens with one attached hydrogen (secondary N) is 1. The van der Waals surface area contributed by atoms with Crippen molar-refractivity contribution in [1.82, 2.24) is 15.2 Å². The van der Waals surface area contributed by atoms with E-state index in [2.05, 4.69) is 15.2 Å². The number of nitrogens with zero attached hydrogens (tertiary/aromatic N) is 2. The van der Waals surface area contributed by atoms with E-state index in [1.807, 2.05) is 19.9 Å². The van der Waals surface area contributed by atoms with Crippen LogP contribution in [0, 0.1) is 13.8 Å². The Morgan fingerprint density at radius 2 is 2.00 bits per heavy atom. The number of carboxylic acids is 1. The van der Waals surface area contributed by atoms with Gasteiger partial charge in [-0.05, 0) is 25.0 Å². The molecule has 0 saturated carbocycles. The summed E-state index contributed by atoms with van der Waals surface area (Å²) in [6.07, 6.45) is 0.736. The summed E-state index contributed by atoms with van der Waals surface area (Å²) in [6, 6.07) is 3.69. The van der Waals surface area contributed by atoms with Crippen LogP contribution >= 0.6 is 0 Å². The van der Waals surface area contributed by atoms with Gasteiger partial charge < -0.3 is 5.11 Å². The van der Waals surface area contributed by atoms with Crippen LogP contribution in [0.5, 0.6) is 0 Å². The molecule has 0 aliphatic carbocycles. The topological polar surface area (TPSA) is 78.9 Å². The van der Waals surface area contributed by atoms with Gasteiger partial charge in [0.1, 0.15) is 5.82 Å². The Labute approximate surface area is 105 Å². The second-order valence-electron chi connectivity index (χ2n) is 4.21. The second-order valence-corrected chi connectivity index (χ2v) is 4.21. The quantitative estimate of drug-likeness (QED) is 0.870. The Bertz CT molecular complexity index is 602. The molecule has 2 aromatic rings. The molecule has 0 radical (unpaired) electrons. The zero-order valence-corrected chi connectivity index (χ0v) is 10.6. The highest BCUT2D eigenvalue weighted by Crippen LogP contribution is 2.27. The molecule has 0 saturated heterocycles. The largest absolute Gasteiger partial charge is 0.478 e. The van der Waals surface area contributed by atoms with Crippen molar-refractivity contribution >= 4 is 5.97 Å². The van der Waals surface area contributed by atoms with Gasteiger partial charge in [-0.3, -0.25) is 5.10 Å². The second kappa shape index (κ2) is 4.60. The van der Waals surface area contributed by atoms with Crippen LogP contribution in [0.25, 0.3) is 11.4 Å². The van der Waals surface area contributed by atoms with E-state index >= 15 is 0 Å². The zero-order chi connectivity index (χ0) is 13.3. The molecule has 5 heteroatoms. The van der Waals surface area contributed by atoms with Crippen molar-refractivity contribution in [2.45, 2.75) is 27.2 Å². The van der Waals surface area contributed by atoms with Crippen LogP contribution in [0.15, 0.2) is 12.1 Å². The Balaban J connectivity index is 2.69. The third-order valence-corrected chi connectivity index (χ3v) is 2.93. The SMILES string of the molecule is CCc1nc(-c2c(C)ccc(C)c2C(=O)O)n[nH]1. The number of aromatic carboxylic acids is 1. The lowest BCUT2D eigenvalue weighted by Crippen LogP contribution is -2.05. The molecule has 0 aliphatic heterocycles. The first-order valence-corrected chi connectivity index (χ1v) is 5.79. The van der Waals surface area contributed by atoms with Gasteiger partial charge >= 0.3 is 5.97 Å². The number of aryl methyl sites for hydroxylation is 3. The van der Waals surface area contributed by atoms with Crippen LogP contribution in [-0.2, 0) is 6.42 Å². The predicted octanol–water partition coefficient (Wildman–Crippen LogP) is 2.35. The molecule has 0 bridgehead atoms. The summed E-state index contributed by atoms with van der Waals surface area (Å²) in [5, 5.41) is 16.2. The van der Waals surface area contributed by atoms with Crippen molar-refractivity contribution in [3.63, 3.8) is 0 Å². The summed E-state index contributed by atoms with van der Waals surface area (Å²) in [5.41, 5.74) is 2.45. The van der Waals surface area contributed by atoms with Crippen molar-refractivity contribution in [2.75, 3.05) is 0 Å². The average molecular weight is 245 g/mol. The lowest BCUT2D eigenvalue weighted by Gasteiger charge is -2.09. The number of hydrogen-bond acceptors (Lipinski definition) is 3. The predicted molar refractivity (Wildman–Crippen MR) is 67.6 cm³/mol. The van der Waals surface area contributed by atoms with E-state index in [0.717, 1.165) is 17.8 Å². The maximum Gasteiger partial charge on any atom is 0.336 e. The van der Waals surface area contributed by atoms with Gasteiger partial charge in [0.25, 0.3) is 0 Å². The fourth-order valence-corrected chi connectivity index (χ4v) is 1.94. The molecule has 0 unspecified atom stereocenters. The van der Waals surface area contributed by atoms with Crippen LogP contribution in [0.3, 0.4) is 0 Å². The molecule has 94 valence electrons. The van der Waals surface area contributed by atoms with Crippen LogP contribution < -0.4 is 0 Å². The van der Waals surface area contributed by atoms with Crippen LogP contribution in [0.4, 0.5) is 0 Å². The first kappa shape index (κ1) is 12.3. The van der Waals surface area contributed by atoms with Crippen molar-refractivity contribution in [3.8, 4) is 11.4 Å². The standard InChI is InChI=1S/C13H15N3O2/c1-4-9-14-12(16-15-9)10-7(2)5-6-8(3)11(10)13(17)18/h5-6H,4H2,1-3H3,(H,17,18)(H,14,15,16). The summed E-state index contributed by atoms with van der Waals surface area (Å²) in [6.45, 7) is 5.61. The number of H-pyrrole nitrogens is 1. The van der Waals surface area contributed by atoms with Crippen molar-refractivity contribution in [3.05, 3.63) is 34.6 Å². The Hall–Kier alpha value is -2.17. The first-order valence-electron chi connectivity index (χ1n) is 5.79. The van der Waals surface area contributed by atoms with Gasteiger partial charge in [-0.25, -0.2) is 9.78 Å². The number of carboxylic acid groups (broad SMARTS) is 1. The van der Waals surface area contributed by atoms with Gasteiger partial charge in [0.2, 0.25) is 0 Å². The molecule has 1 aromatic heterocycles. The average Bonchev–Trinajstić information content (AvgIpc) is 2.79. The van der Waals surface area contributed by atoms with Gasteiger partial charge in [-0.15, -0.1) is 0 Å². The zero-order valence-electron chi connectivity index (χ0n) is 10.6. The van der Waals surface area contributed by atoms with Crippen LogP contribution in [0.2, 0.25) is 0 Å². The minimum absolute atomic E-state index is 0.275. The Morgan fingerprint density at radius 3 is 2.56 bits per heavy atom. The maximum atomic E-state index is 11.4. The molecular formula is C13H15N3O2. The van der Waals surface area contributed by atoms with Gasteiger partial charge in [0, 0.05) is 12.0 Å². The normalized spacial score (nSPS) is 10.6. The summed E-state index contributed by atoms with van der Waals surface area (Å²) in [7, 11) is 0. The van der Waals surface area contributed by atoms with Crippen molar-refractivity contribution < 1.29 is 9.90 Å². The molecule has 5 nitrogen and oxygen atoms in total. The number of hydrogen-bond donors (Lipinski definition) is 2. The molecule has 0 atom stereocenters. The van der Waals surface area contributed by atoms with Crippen LogP contribution in [0.1, 0.15) is 34.2 Å². The third-order valence-electron chi connectivity index (χ3n) is 2.93. The molecule has 2 rings (SSSR count). The molecule has 1 aromatic carbocycles. The van der Waals surface area contributed by atoms with Gasteiger partial charge in [0.15, 0.2) is 5.82 Å². The molecule has 0 spiro atoms.